The SMILES string of the molecule is CCCCN1C[C@@H](c2nc3ccccc3n2CCCOc2cccc(C)c2)CC1=O. The third kappa shape index (κ3) is 4.50. The van der Waals surface area contributed by atoms with E-state index in [9.17, 15) is 4.79 Å². The van der Waals surface area contributed by atoms with Gasteiger partial charge in [0.05, 0.1) is 17.6 Å². The number of ether oxygens (including phenoxy) is 1. The Balaban J connectivity index is 1.47. The van der Waals surface area contributed by atoms with Crippen molar-refractivity contribution in [2.75, 3.05) is 19.7 Å². The number of unbranched alkanes of at least 4 members (excludes halogenated alkanes) is 1. The lowest BCUT2D eigenvalue weighted by atomic mass is 10.1. The van der Waals surface area contributed by atoms with Gasteiger partial charge in [-0.2, -0.15) is 0 Å². The molecule has 0 spiro atoms. The van der Waals surface area contributed by atoms with Gasteiger partial charge in [0.1, 0.15) is 11.6 Å². The van der Waals surface area contributed by atoms with Crippen LogP contribution in [0, 0.1) is 6.92 Å². The molecule has 0 bridgehead atoms. The van der Waals surface area contributed by atoms with Gasteiger partial charge in [-0.05, 0) is 49.6 Å². The molecule has 1 atom stereocenters. The lowest BCUT2D eigenvalue weighted by Crippen LogP contribution is -2.26. The van der Waals surface area contributed by atoms with E-state index < -0.39 is 0 Å². The zero-order valence-corrected chi connectivity index (χ0v) is 18.0. The molecule has 1 aliphatic heterocycles. The van der Waals surface area contributed by atoms with E-state index in [1.165, 1.54) is 5.56 Å². The minimum absolute atomic E-state index is 0.166. The monoisotopic (exact) mass is 405 g/mol. The van der Waals surface area contributed by atoms with Crippen molar-refractivity contribution in [2.45, 2.75) is 52.0 Å². The van der Waals surface area contributed by atoms with Crippen molar-refractivity contribution in [3.63, 3.8) is 0 Å². The van der Waals surface area contributed by atoms with Crippen molar-refractivity contribution < 1.29 is 9.53 Å². The van der Waals surface area contributed by atoms with Gasteiger partial charge in [0, 0.05) is 32.0 Å². The highest BCUT2D eigenvalue weighted by molar-refractivity contribution is 5.80. The first-order chi connectivity index (χ1) is 14.7. The number of carbonyl (C=O) groups excluding carboxylic acids is 1. The molecule has 2 aromatic carbocycles. The zero-order valence-electron chi connectivity index (χ0n) is 18.0. The van der Waals surface area contributed by atoms with Crippen molar-refractivity contribution in [3.8, 4) is 5.75 Å². The molecule has 1 amide bonds. The standard InChI is InChI=1S/C25H31N3O2/c1-3-4-13-27-18-20(17-24(27)29)25-26-22-11-5-6-12-23(22)28(25)14-8-15-30-21-10-7-9-19(2)16-21/h5-7,9-12,16,20H,3-4,8,13-15,17-18H2,1-2H3/t20-/m0/s1. The Morgan fingerprint density at radius 1 is 1.10 bits per heavy atom. The van der Waals surface area contributed by atoms with Gasteiger partial charge in [-0.3, -0.25) is 4.79 Å². The fraction of sp³-hybridized carbons (Fsp3) is 0.440. The van der Waals surface area contributed by atoms with Gasteiger partial charge in [0.25, 0.3) is 0 Å². The number of nitrogens with zero attached hydrogens (tertiary/aromatic N) is 3. The molecular weight excluding hydrogens is 374 g/mol. The van der Waals surface area contributed by atoms with Crippen LogP contribution in [-0.2, 0) is 11.3 Å². The summed E-state index contributed by atoms with van der Waals surface area (Å²) < 4.78 is 8.25. The summed E-state index contributed by atoms with van der Waals surface area (Å²) in [5.41, 5.74) is 3.35. The normalized spacial score (nSPS) is 16.5. The highest BCUT2D eigenvalue weighted by Crippen LogP contribution is 2.30. The molecule has 0 N–H and O–H groups in total. The van der Waals surface area contributed by atoms with Gasteiger partial charge in [0.15, 0.2) is 0 Å². The van der Waals surface area contributed by atoms with E-state index in [1.807, 2.05) is 23.1 Å². The number of imidazole rings is 1. The molecule has 4 rings (SSSR count). The van der Waals surface area contributed by atoms with Gasteiger partial charge in [0.2, 0.25) is 5.91 Å². The molecular formula is C25H31N3O2. The topological polar surface area (TPSA) is 47.4 Å². The van der Waals surface area contributed by atoms with Crippen LogP contribution in [0.1, 0.15) is 49.9 Å². The van der Waals surface area contributed by atoms with E-state index in [-0.39, 0.29) is 11.8 Å². The quantitative estimate of drug-likeness (QED) is 0.474. The molecule has 1 aliphatic rings. The van der Waals surface area contributed by atoms with Crippen LogP contribution in [0.3, 0.4) is 0 Å². The zero-order chi connectivity index (χ0) is 20.9. The minimum Gasteiger partial charge on any atom is -0.494 e. The molecule has 1 saturated heterocycles. The number of likely N-dealkylation sites (tertiary alicyclic amines) is 1. The molecule has 2 heterocycles. The molecule has 5 heteroatoms. The molecule has 30 heavy (non-hydrogen) atoms. The fourth-order valence-corrected chi connectivity index (χ4v) is 4.27. The maximum absolute atomic E-state index is 12.5. The summed E-state index contributed by atoms with van der Waals surface area (Å²) in [6.07, 6.45) is 3.62. The Labute approximate surface area is 178 Å². The van der Waals surface area contributed by atoms with Gasteiger partial charge >= 0.3 is 0 Å². The summed E-state index contributed by atoms with van der Waals surface area (Å²) in [5.74, 6) is 2.38. The Kier molecular flexibility index (Phi) is 6.36. The number of rotatable bonds is 9. The van der Waals surface area contributed by atoms with Crippen LogP contribution in [-0.4, -0.2) is 40.1 Å². The van der Waals surface area contributed by atoms with Crippen LogP contribution in [0.4, 0.5) is 0 Å². The summed E-state index contributed by atoms with van der Waals surface area (Å²) in [5, 5.41) is 0. The predicted molar refractivity (Wildman–Crippen MR) is 120 cm³/mol. The largest absolute Gasteiger partial charge is 0.494 e. The first kappa shape index (κ1) is 20.5. The van der Waals surface area contributed by atoms with E-state index in [0.29, 0.717) is 13.0 Å². The summed E-state index contributed by atoms with van der Waals surface area (Å²) in [7, 11) is 0. The molecule has 0 saturated carbocycles. The first-order valence-electron chi connectivity index (χ1n) is 11.1. The van der Waals surface area contributed by atoms with Crippen LogP contribution >= 0.6 is 0 Å². The highest BCUT2D eigenvalue weighted by atomic mass is 16.5. The number of carbonyl (C=O) groups is 1. The average Bonchev–Trinajstić information content (AvgIpc) is 3.30. The van der Waals surface area contributed by atoms with E-state index in [4.69, 9.17) is 9.72 Å². The van der Waals surface area contributed by atoms with Crippen molar-refractivity contribution in [1.82, 2.24) is 14.5 Å². The Morgan fingerprint density at radius 3 is 2.80 bits per heavy atom. The van der Waals surface area contributed by atoms with E-state index in [1.54, 1.807) is 0 Å². The Hall–Kier alpha value is -2.82. The molecule has 1 fully saturated rings. The van der Waals surface area contributed by atoms with E-state index >= 15 is 0 Å². The molecule has 1 aromatic heterocycles. The molecule has 3 aromatic rings. The third-order valence-electron chi connectivity index (χ3n) is 5.83. The van der Waals surface area contributed by atoms with E-state index in [2.05, 4.69) is 48.7 Å². The summed E-state index contributed by atoms with van der Waals surface area (Å²) >= 11 is 0. The maximum Gasteiger partial charge on any atom is 0.223 e. The average molecular weight is 406 g/mol. The van der Waals surface area contributed by atoms with Crippen molar-refractivity contribution in [3.05, 3.63) is 59.9 Å². The number of fused-ring (bicyclic) bond motifs is 1. The molecule has 0 unspecified atom stereocenters. The molecule has 0 aliphatic carbocycles. The van der Waals surface area contributed by atoms with Crippen LogP contribution in [0.15, 0.2) is 48.5 Å². The first-order valence-corrected chi connectivity index (χ1v) is 11.1. The number of para-hydroxylation sites is 2. The Bertz CT molecular complexity index is 1010. The lowest BCUT2D eigenvalue weighted by Gasteiger charge is -2.17. The van der Waals surface area contributed by atoms with Crippen molar-refractivity contribution in [2.24, 2.45) is 0 Å². The highest BCUT2D eigenvalue weighted by Gasteiger charge is 2.33. The minimum atomic E-state index is 0.166. The van der Waals surface area contributed by atoms with Gasteiger partial charge < -0.3 is 14.2 Å². The maximum atomic E-state index is 12.5. The van der Waals surface area contributed by atoms with Crippen molar-refractivity contribution in [1.29, 1.82) is 0 Å². The lowest BCUT2D eigenvalue weighted by molar-refractivity contribution is -0.127. The number of aryl methyl sites for hydroxylation is 2. The summed E-state index contributed by atoms with van der Waals surface area (Å²) in [6, 6.07) is 16.4. The number of benzene rings is 2. The van der Waals surface area contributed by atoms with Gasteiger partial charge in [-0.1, -0.05) is 37.6 Å². The van der Waals surface area contributed by atoms with Crippen LogP contribution < -0.4 is 4.74 Å². The number of hydrogen-bond acceptors (Lipinski definition) is 3. The van der Waals surface area contributed by atoms with Crippen LogP contribution in [0.2, 0.25) is 0 Å². The molecule has 0 radical (unpaired) electrons. The second-order valence-electron chi connectivity index (χ2n) is 8.22. The van der Waals surface area contributed by atoms with Crippen molar-refractivity contribution >= 4 is 16.9 Å². The third-order valence-corrected chi connectivity index (χ3v) is 5.83. The molecule has 5 nitrogen and oxygen atoms in total. The summed E-state index contributed by atoms with van der Waals surface area (Å²) in [6.45, 7) is 7.36. The number of aromatic nitrogens is 2. The number of amides is 1. The Morgan fingerprint density at radius 2 is 1.97 bits per heavy atom. The van der Waals surface area contributed by atoms with Gasteiger partial charge in [-0.15, -0.1) is 0 Å². The van der Waals surface area contributed by atoms with E-state index in [0.717, 1.165) is 61.5 Å². The number of hydrogen-bond donors (Lipinski definition) is 0. The van der Waals surface area contributed by atoms with Gasteiger partial charge in [-0.25, -0.2) is 4.98 Å². The summed E-state index contributed by atoms with van der Waals surface area (Å²) in [4.78, 5) is 19.5. The second kappa shape index (κ2) is 9.33. The van der Waals surface area contributed by atoms with Crippen LogP contribution in [0.25, 0.3) is 11.0 Å². The predicted octanol–water partition coefficient (Wildman–Crippen LogP) is 4.93. The van der Waals surface area contributed by atoms with Crippen LogP contribution in [0.5, 0.6) is 5.75 Å². The smallest absolute Gasteiger partial charge is 0.223 e. The fourth-order valence-electron chi connectivity index (χ4n) is 4.27. The second-order valence-corrected chi connectivity index (χ2v) is 8.22. The molecule has 158 valence electrons.